The summed E-state index contributed by atoms with van der Waals surface area (Å²) in [4.78, 5) is 34.2. The summed E-state index contributed by atoms with van der Waals surface area (Å²) in [6.45, 7) is 10.6. The number of fused-ring (bicyclic) bond motifs is 2. The molecule has 1 saturated heterocycles. The van der Waals surface area contributed by atoms with E-state index >= 15 is 0 Å². The Balaban J connectivity index is 1.28. The lowest BCUT2D eigenvalue weighted by atomic mass is 9.96. The molecular weight excluding hydrogens is 500 g/mol. The van der Waals surface area contributed by atoms with E-state index in [2.05, 4.69) is 50.8 Å². The Labute approximate surface area is 234 Å². The third kappa shape index (κ3) is 4.99. The number of carbonyl (C=O) groups excluding carboxylic acids is 2. The molecule has 2 amide bonds. The Hall–Kier alpha value is -4.04. The fraction of sp³-hybridized carbons (Fsp3) is 0.375. The van der Waals surface area contributed by atoms with Crippen LogP contribution in [0.5, 0.6) is 0 Å². The molecule has 8 heteroatoms. The summed E-state index contributed by atoms with van der Waals surface area (Å²) in [7, 11) is 0. The number of rotatable bonds is 4. The number of benzene rings is 2. The van der Waals surface area contributed by atoms with Gasteiger partial charge in [-0.2, -0.15) is 5.10 Å². The van der Waals surface area contributed by atoms with Gasteiger partial charge in [-0.25, -0.2) is 4.98 Å². The van der Waals surface area contributed by atoms with Crippen LogP contribution in [0.2, 0.25) is 0 Å². The van der Waals surface area contributed by atoms with Crippen molar-refractivity contribution in [1.82, 2.24) is 30.3 Å². The molecule has 2 N–H and O–H groups in total. The zero-order valence-corrected chi connectivity index (χ0v) is 23.5. The molecule has 40 heavy (non-hydrogen) atoms. The van der Waals surface area contributed by atoms with Crippen molar-refractivity contribution >= 4 is 22.8 Å². The van der Waals surface area contributed by atoms with Crippen LogP contribution in [0.25, 0.3) is 33.4 Å². The highest BCUT2D eigenvalue weighted by atomic mass is 16.2. The van der Waals surface area contributed by atoms with Crippen LogP contribution in [-0.2, 0) is 17.6 Å². The summed E-state index contributed by atoms with van der Waals surface area (Å²) < 4.78 is 0. The molecule has 0 bridgehead atoms. The van der Waals surface area contributed by atoms with Crippen molar-refractivity contribution in [3.63, 3.8) is 0 Å². The maximum atomic E-state index is 13.1. The lowest BCUT2D eigenvalue weighted by molar-refractivity contribution is -0.134. The molecule has 1 fully saturated rings. The van der Waals surface area contributed by atoms with Crippen LogP contribution in [0.3, 0.4) is 0 Å². The first-order valence-electron chi connectivity index (χ1n) is 14.2. The molecule has 8 nitrogen and oxygen atoms in total. The highest BCUT2D eigenvalue weighted by Gasteiger charge is 2.22. The molecule has 0 saturated carbocycles. The standard InChI is InChI=1S/C32H36N6O2/c1-20(2)31(39)37-12-8-22-4-5-23(17-24(22)9-13-37)26-18-28-29(35-36-30(28)34-19-26)25-6-7-27(21(3)16-25)32(40)38-14-10-33-11-15-38/h4-7,16-20,33H,8-15H2,1-3H3,(H,34,35,36). The summed E-state index contributed by atoms with van der Waals surface area (Å²) in [5, 5.41) is 11.9. The van der Waals surface area contributed by atoms with Crippen molar-refractivity contribution in [1.29, 1.82) is 0 Å². The number of hydrogen-bond donors (Lipinski definition) is 2. The van der Waals surface area contributed by atoms with Crippen LogP contribution in [0, 0.1) is 12.8 Å². The second-order valence-corrected chi connectivity index (χ2v) is 11.2. The molecular formula is C32H36N6O2. The minimum Gasteiger partial charge on any atom is -0.342 e. The fourth-order valence-electron chi connectivity index (χ4n) is 5.87. The van der Waals surface area contributed by atoms with Crippen molar-refractivity contribution in [2.24, 2.45) is 5.92 Å². The van der Waals surface area contributed by atoms with Crippen molar-refractivity contribution < 1.29 is 9.59 Å². The lowest BCUT2D eigenvalue weighted by Gasteiger charge is -2.28. The molecule has 2 aromatic carbocycles. The molecule has 4 aromatic rings. The molecule has 0 spiro atoms. The van der Waals surface area contributed by atoms with Gasteiger partial charge in [-0.15, -0.1) is 0 Å². The van der Waals surface area contributed by atoms with E-state index < -0.39 is 0 Å². The van der Waals surface area contributed by atoms with Gasteiger partial charge in [-0.05, 0) is 60.2 Å². The van der Waals surface area contributed by atoms with Crippen LogP contribution in [0.4, 0.5) is 0 Å². The summed E-state index contributed by atoms with van der Waals surface area (Å²) in [5.74, 6) is 0.335. The number of aryl methyl sites for hydroxylation is 1. The van der Waals surface area contributed by atoms with Crippen LogP contribution in [0.15, 0.2) is 48.7 Å². The van der Waals surface area contributed by atoms with E-state index in [9.17, 15) is 9.59 Å². The van der Waals surface area contributed by atoms with Gasteiger partial charge in [0.2, 0.25) is 5.91 Å². The highest BCUT2D eigenvalue weighted by Crippen LogP contribution is 2.32. The number of carbonyl (C=O) groups is 2. The second kappa shape index (κ2) is 10.8. The van der Waals surface area contributed by atoms with E-state index in [1.54, 1.807) is 0 Å². The lowest BCUT2D eigenvalue weighted by Crippen LogP contribution is -2.46. The van der Waals surface area contributed by atoms with Crippen LogP contribution in [0.1, 0.15) is 40.9 Å². The summed E-state index contributed by atoms with van der Waals surface area (Å²) >= 11 is 0. The molecule has 0 atom stereocenters. The molecule has 4 heterocycles. The molecule has 2 aliphatic heterocycles. The first-order chi connectivity index (χ1) is 19.4. The van der Waals surface area contributed by atoms with E-state index in [0.29, 0.717) is 5.65 Å². The Kier molecular flexibility index (Phi) is 7.11. The number of nitrogens with zero attached hydrogens (tertiary/aromatic N) is 4. The number of aromatic nitrogens is 3. The number of pyridine rings is 1. The fourth-order valence-corrected chi connectivity index (χ4v) is 5.87. The third-order valence-electron chi connectivity index (χ3n) is 8.21. The molecule has 206 valence electrons. The Bertz CT molecular complexity index is 1580. The van der Waals surface area contributed by atoms with Crippen LogP contribution < -0.4 is 5.32 Å². The monoisotopic (exact) mass is 536 g/mol. The molecule has 2 aliphatic rings. The van der Waals surface area contributed by atoms with Crippen molar-refractivity contribution in [2.45, 2.75) is 33.6 Å². The van der Waals surface area contributed by atoms with Crippen molar-refractivity contribution in [3.05, 3.63) is 70.9 Å². The number of nitrogens with one attached hydrogen (secondary N) is 2. The highest BCUT2D eigenvalue weighted by molar-refractivity contribution is 5.98. The molecule has 0 unspecified atom stereocenters. The van der Waals surface area contributed by atoms with Gasteiger partial charge in [0.1, 0.15) is 0 Å². The summed E-state index contributed by atoms with van der Waals surface area (Å²) in [5.41, 5.74) is 8.97. The third-order valence-corrected chi connectivity index (χ3v) is 8.21. The first-order valence-corrected chi connectivity index (χ1v) is 14.2. The zero-order chi connectivity index (χ0) is 27.8. The van der Waals surface area contributed by atoms with Gasteiger partial charge in [-0.1, -0.05) is 38.1 Å². The SMILES string of the molecule is Cc1cc(-c2[nH]nc3ncc(-c4ccc5c(c4)CCN(C(=O)C(C)C)CC5)cc23)ccc1C(=O)N1CCNCC1. The first kappa shape index (κ1) is 26.2. The Morgan fingerprint density at radius 1 is 0.850 bits per heavy atom. The maximum absolute atomic E-state index is 13.1. The van der Waals surface area contributed by atoms with E-state index in [-0.39, 0.29) is 17.7 Å². The summed E-state index contributed by atoms with van der Waals surface area (Å²) in [6.07, 6.45) is 3.61. The second-order valence-electron chi connectivity index (χ2n) is 11.2. The minimum atomic E-state index is 0.0198. The topological polar surface area (TPSA) is 94.2 Å². The maximum Gasteiger partial charge on any atom is 0.254 e. The van der Waals surface area contributed by atoms with Crippen molar-refractivity contribution in [3.8, 4) is 22.4 Å². The normalized spacial score (nSPS) is 15.8. The Morgan fingerprint density at radius 2 is 1.60 bits per heavy atom. The number of aromatic amines is 1. The van der Waals surface area contributed by atoms with E-state index in [0.717, 1.165) is 91.0 Å². The quantitative estimate of drug-likeness (QED) is 0.407. The van der Waals surface area contributed by atoms with Gasteiger partial charge in [-0.3, -0.25) is 14.7 Å². The molecule has 0 radical (unpaired) electrons. The van der Waals surface area contributed by atoms with Crippen LogP contribution >= 0.6 is 0 Å². The average Bonchev–Trinajstić information content (AvgIpc) is 3.28. The van der Waals surface area contributed by atoms with E-state index in [1.807, 2.05) is 48.9 Å². The Morgan fingerprint density at radius 3 is 2.35 bits per heavy atom. The molecule has 0 aliphatic carbocycles. The molecule has 6 rings (SSSR count). The van der Waals surface area contributed by atoms with E-state index in [4.69, 9.17) is 0 Å². The van der Waals surface area contributed by atoms with Gasteiger partial charge >= 0.3 is 0 Å². The van der Waals surface area contributed by atoms with Crippen LogP contribution in [-0.4, -0.2) is 76.1 Å². The summed E-state index contributed by atoms with van der Waals surface area (Å²) in [6, 6.07) is 14.7. The predicted octanol–water partition coefficient (Wildman–Crippen LogP) is 4.23. The largest absolute Gasteiger partial charge is 0.342 e. The number of H-pyrrole nitrogens is 1. The van der Waals surface area contributed by atoms with Gasteiger partial charge in [0.25, 0.3) is 5.91 Å². The molecule has 2 aromatic heterocycles. The minimum absolute atomic E-state index is 0.0198. The smallest absolute Gasteiger partial charge is 0.254 e. The van der Waals surface area contributed by atoms with Gasteiger partial charge in [0.15, 0.2) is 5.65 Å². The van der Waals surface area contributed by atoms with Crippen molar-refractivity contribution in [2.75, 3.05) is 39.3 Å². The zero-order valence-electron chi connectivity index (χ0n) is 23.5. The van der Waals surface area contributed by atoms with E-state index in [1.165, 1.54) is 11.1 Å². The number of piperazine rings is 1. The van der Waals surface area contributed by atoms with Gasteiger partial charge in [0.05, 0.1) is 5.69 Å². The van der Waals surface area contributed by atoms with Gasteiger partial charge < -0.3 is 15.1 Å². The number of hydrogen-bond acceptors (Lipinski definition) is 5. The predicted molar refractivity (Wildman–Crippen MR) is 157 cm³/mol. The number of amides is 2. The average molecular weight is 537 g/mol. The van der Waals surface area contributed by atoms with Gasteiger partial charge in [0, 0.05) is 73.5 Å².